The predicted octanol–water partition coefficient (Wildman–Crippen LogP) is 5.07. The van der Waals surface area contributed by atoms with E-state index < -0.39 is 18.6 Å². The van der Waals surface area contributed by atoms with E-state index in [1.54, 1.807) is 0 Å². The van der Waals surface area contributed by atoms with Crippen LogP contribution in [0.1, 0.15) is 6.42 Å². The molecule has 0 N–H and O–H groups in total. The molecule has 0 spiro atoms. The molecule has 0 saturated carbocycles. The van der Waals surface area contributed by atoms with E-state index in [-0.39, 0.29) is 0 Å². The zero-order valence-corrected chi connectivity index (χ0v) is 16.8. The molecule has 0 aromatic heterocycles. The standard InChI is InChI=1S/C17H15P.2ClH.Fe.Pd/c1-3-9-15(10-4-1)18(17-13-7-8-14-17)16-11-5-2-6-12-16;;;;/h1-7,9-14H,8H2;2*1H;;/q;;;-1;+2/p-1. The molecule has 0 bridgehead atoms. The van der Waals surface area contributed by atoms with Crippen LogP contribution in [0.2, 0.25) is 0 Å². The molecule has 0 fully saturated rings. The van der Waals surface area contributed by atoms with Gasteiger partial charge in [0.2, 0.25) is 0 Å². The molecule has 0 aliphatic heterocycles. The van der Waals surface area contributed by atoms with Crippen molar-refractivity contribution in [1.29, 1.82) is 0 Å². The van der Waals surface area contributed by atoms with Crippen LogP contribution in [0.5, 0.6) is 0 Å². The summed E-state index contributed by atoms with van der Waals surface area (Å²) in [4.78, 5) is 0. The summed E-state index contributed by atoms with van der Waals surface area (Å²) in [6.45, 7) is 0. The van der Waals surface area contributed by atoms with Crippen molar-refractivity contribution in [3.63, 3.8) is 0 Å². The van der Waals surface area contributed by atoms with Crippen molar-refractivity contribution in [2.45, 2.75) is 6.42 Å². The molecule has 0 radical (unpaired) electrons. The van der Waals surface area contributed by atoms with E-state index in [1.807, 2.05) is 0 Å². The fourth-order valence-electron chi connectivity index (χ4n) is 2.70. The first-order valence-electron chi connectivity index (χ1n) is 6.83. The summed E-state index contributed by atoms with van der Waals surface area (Å²) in [7, 11) is 12.8. The van der Waals surface area contributed by atoms with Crippen LogP contribution in [0, 0.1) is 0 Å². The maximum absolute atomic E-state index is 6.41. The number of benzene rings is 2. The number of hydrogen-bond donors (Lipinski definition) is 0. The van der Waals surface area contributed by atoms with Gasteiger partial charge in [0.1, 0.15) is 0 Å². The van der Waals surface area contributed by atoms with Gasteiger partial charge in [0, 0.05) is 0 Å². The van der Waals surface area contributed by atoms with Crippen LogP contribution in [0.15, 0.2) is 84.2 Å². The van der Waals surface area contributed by atoms with Crippen LogP contribution in [0.3, 0.4) is 0 Å². The average molecular weight is 484 g/mol. The summed E-state index contributed by atoms with van der Waals surface area (Å²) >= 11 is -0.629. The fraction of sp³-hybridized carbons (Fsp3) is 0.0588. The summed E-state index contributed by atoms with van der Waals surface area (Å²) in [5.74, 6) is -2.12. The van der Waals surface area contributed by atoms with E-state index in [0.29, 0.717) is 0 Å². The van der Waals surface area contributed by atoms with Crippen LogP contribution in [-0.2, 0) is 24.7 Å². The molecule has 5 heteroatoms. The predicted molar refractivity (Wildman–Crippen MR) is 94.0 cm³/mol. The van der Waals surface area contributed by atoms with Gasteiger partial charge in [-0.15, -0.1) is 0 Å². The van der Waals surface area contributed by atoms with Gasteiger partial charge in [-0.2, -0.15) is 0 Å². The third kappa shape index (κ3) is 3.45. The SMILES string of the molecule is [Cl][Pd]([Cl])[Fe][PH](C1=CCC=C1)(c1ccccc1)c1ccccc1. The third-order valence-electron chi connectivity index (χ3n) is 3.62. The zero-order valence-electron chi connectivity index (χ0n) is 11.6. The van der Waals surface area contributed by atoms with E-state index in [4.69, 9.17) is 19.1 Å². The molecular weight excluding hydrogens is 468 g/mol. The van der Waals surface area contributed by atoms with Gasteiger partial charge in [-0.25, -0.2) is 0 Å². The summed E-state index contributed by atoms with van der Waals surface area (Å²) in [6.07, 6.45) is 7.89. The Bertz CT molecular complexity index is 647. The Morgan fingerprint density at radius 3 is 1.82 bits per heavy atom. The van der Waals surface area contributed by atoms with Gasteiger partial charge >= 0.3 is 151 Å². The molecule has 1 aliphatic rings. The van der Waals surface area contributed by atoms with Crippen LogP contribution in [-0.4, -0.2) is 0 Å². The summed E-state index contributed by atoms with van der Waals surface area (Å²) in [5, 5.41) is 4.23. The van der Waals surface area contributed by atoms with Gasteiger partial charge in [0.15, 0.2) is 0 Å². The first-order valence-corrected chi connectivity index (χ1v) is 17.0. The normalized spacial score (nSPS) is 15.7. The van der Waals surface area contributed by atoms with Crippen molar-refractivity contribution in [3.05, 3.63) is 84.2 Å². The van der Waals surface area contributed by atoms with Crippen molar-refractivity contribution < 1.29 is 24.7 Å². The van der Waals surface area contributed by atoms with Crippen molar-refractivity contribution >= 4 is 35.6 Å². The Morgan fingerprint density at radius 2 is 1.41 bits per heavy atom. The van der Waals surface area contributed by atoms with Crippen molar-refractivity contribution in [3.8, 4) is 0 Å². The molecule has 1 aliphatic carbocycles. The Kier molecular flexibility index (Phi) is 6.00. The molecule has 2 aromatic rings. The third-order valence-corrected chi connectivity index (χ3v) is 25.2. The molecule has 2 aromatic carbocycles. The Labute approximate surface area is 150 Å². The monoisotopic (exact) mass is 483 g/mol. The zero-order chi connectivity index (χ0) is 15.4. The second kappa shape index (κ2) is 7.79. The minimum atomic E-state index is -2.12. The Balaban J connectivity index is 2.25. The molecule has 3 rings (SSSR count). The summed E-state index contributed by atoms with van der Waals surface area (Å²) in [5.41, 5.74) is 0. The average Bonchev–Trinajstić information content (AvgIpc) is 3.09. The molecule has 22 heavy (non-hydrogen) atoms. The van der Waals surface area contributed by atoms with Crippen LogP contribution >= 0.6 is 25.0 Å². The molecule has 0 heterocycles. The van der Waals surface area contributed by atoms with Crippen molar-refractivity contribution in [2.75, 3.05) is 0 Å². The first kappa shape index (κ1) is 17.0. The Morgan fingerprint density at radius 1 is 0.864 bits per heavy atom. The van der Waals surface area contributed by atoms with E-state index in [2.05, 4.69) is 78.9 Å². The topological polar surface area (TPSA) is 0 Å². The fourth-order valence-corrected chi connectivity index (χ4v) is 28.3. The van der Waals surface area contributed by atoms with Crippen LogP contribution in [0.25, 0.3) is 0 Å². The quantitative estimate of drug-likeness (QED) is 0.411. The first-order chi connectivity index (χ1) is 10.7. The van der Waals surface area contributed by atoms with E-state index in [0.717, 1.165) is 18.4 Å². The number of halogens is 2. The van der Waals surface area contributed by atoms with Crippen molar-refractivity contribution in [2.24, 2.45) is 0 Å². The second-order valence-electron chi connectivity index (χ2n) is 4.86. The van der Waals surface area contributed by atoms with Gasteiger partial charge in [0.25, 0.3) is 0 Å². The van der Waals surface area contributed by atoms with E-state index >= 15 is 0 Å². The molecule has 0 unspecified atom stereocenters. The number of hydrogen-bond acceptors (Lipinski definition) is 0. The summed E-state index contributed by atoms with van der Waals surface area (Å²) < 4.78 is 0. The van der Waals surface area contributed by atoms with Gasteiger partial charge in [-0.05, 0) is 0 Å². The Hall–Kier alpha value is 0.112. The molecule has 121 valence electrons. The van der Waals surface area contributed by atoms with Crippen molar-refractivity contribution in [1.82, 2.24) is 0 Å². The molecule has 0 nitrogen and oxygen atoms in total. The molecular formula is C17H16Cl2FePPd. The second-order valence-corrected chi connectivity index (χ2v) is 22.8. The van der Waals surface area contributed by atoms with Gasteiger partial charge in [-0.3, -0.25) is 0 Å². The van der Waals surface area contributed by atoms with Gasteiger partial charge in [-0.1, -0.05) is 0 Å². The number of allylic oxidation sites excluding steroid dienone is 4. The van der Waals surface area contributed by atoms with Crippen LogP contribution in [0.4, 0.5) is 0 Å². The minimum absolute atomic E-state index is 0.909. The van der Waals surface area contributed by atoms with E-state index in [1.165, 1.54) is 15.9 Å². The molecule has 0 atom stereocenters. The van der Waals surface area contributed by atoms with Crippen LogP contribution < -0.4 is 10.6 Å². The molecule has 0 saturated heterocycles. The van der Waals surface area contributed by atoms with Gasteiger partial charge < -0.3 is 0 Å². The number of rotatable bonds is 5. The van der Waals surface area contributed by atoms with Gasteiger partial charge in [0.05, 0.1) is 0 Å². The van der Waals surface area contributed by atoms with E-state index in [9.17, 15) is 0 Å². The summed E-state index contributed by atoms with van der Waals surface area (Å²) in [6, 6.07) is 21.6. The maximum atomic E-state index is 6.41. The molecule has 0 amide bonds.